The lowest BCUT2D eigenvalue weighted by Gasteiger charge is -2.23. The highest BCUT2D eigenvalue weighted by molar-refractivity contribution is 6.06. The number of carbonyl (C=O) groups excluding carboxylic acids is 2. The van der Waals surface area contributed by atoms with E-state index < -0.39 is 0 Å². The molecule has 3 aromatic carbocycles. The molecule has 1 aliphatic rings. The molecule has 146 valence electrons. The maximum atomic E-state index is 12.9. The summed E-state index contributed by atoms with van der Waals surface area (Å²) in [6, 6.07) is 24.2. The molecule has 5 heteroatoms. The molecule has 3 aromatic rings. The van der Waals surface area contributed by atoms with Gasteiger partial charge in [0.2, 0.25) is 0 Å². The van der Waals surface area contributed by atoms with E-state index in [1.165, 1.54) is 0 Å². The number of rotatable bonds is 5. The molecule has 29 heavy (non-hydrogen) atoms. The molecule has 0 saturated heterocycles. The third kappa shape index (κ3) is 3.99. The first kappa shape index (κ1) is 18.7. The van der Waals surface area contributed by atoms with Crippen LogP contribution in [0.3, 0.4) is 0 Å². The van der Waals surface area contributed by atoms with Crippen LogP contribution in [0.2, 0.25) is 0 Å². The minimum atomic E-state index is -0.279. The molecule has 5 nitrogen and oxygen atoms in total. The zero-order valence-electron chi connectivity index (χ0n) is 16.2. The third-order valence-electron chi connectivity index (χ3n) is 4.99. The van der Waals surface area contributed by atoms with E-state index in [0.717, 1.165) is 17.7 Å². The summed E-state index contributed by atoms with van der Waals surface area (Å²) in [4.78, 5) is 27.3. The molecule has 1 unspecified atom stereocenters. The Morgan fingerprint density at radius 1 is 0.966 bits per heavy atom. The van der Waals surface area contributed by atoms with Crippen LogP contribution < -0.4 is 15.0 Å². The van der Waals surface area contributed by atoms with Gasteiger partial charge >= 0.3 is 0 Å². The number of nitrogens with one attached hydrogen (secondary N) is 1. The summed E-state index contributed by atoms with van der Waals surface area (Å²) >= 11 is 0. The van der Waals surface area contributed by atoms with Gasteiger partial charge in [0, 0.05) is 17.4 Å². The minimum Gasteiger partial charge on any atom is -0.483 e. The van der Waals surface area contributed by atoms with Crippen molar-refractivity contribution in [1.29, 1.82) is 0 Å². The number of hydrogen-bond donors (Lipinski definition) is 1. The topological polar surface area (TPSA) is 58.6 Å². The van der Waals surface area contributed by atoms with Crippen molar-refractivity contribution in [3.05, 3.63) is 90.0 Å². The second-order valence-corrected chi connectivity index (χ2v) is 7.05. The molecular weight excluding hydrogens is 364 g/mol. The summed E-state index contributed by atoms with van der Waals surface area (Å²) in [5, 5.41) is 2.85. The van der Waals surface area contributed by atoms with E-state index in [0.29, 0.717) is 17.0 Å². The van der Waals surface area contributed by atoms with Gasteiger partial charge in [0.1, 0.15) is 5.75 Å². The van der Waals surface area contributed by atoms with Crippen molar-refractivity contribution in [2.45, 2.75) is 19.4 Å². The van der Waals surface area contributed by atoms with E-state index in [1.807, 2.05) is 61.5 Å². The van der Waals surface area contributed by atoms with Crippen LogP contribution in [0.4, 0.5) is 11.4 Å². The van der Waals surface area contributed by atoms with Crippen LogP contribution in [-0.4, -0.2) is 24.5 Å². The molecule has 0 aliphatic carbocycles. The van der Waals surface area contributed by atoms with Crippen LogP contribution in [0, 0.1) is 0 Å². The first-order valence-corrected chi connectivity index (χ1v) is 9.61. The van der Waals surface area contributed by atoms with Crippen LogP contribution in [0.1, 0.15) is 22.8 Å². The summed E-state index contributed by atoms with van der Waals surface area (Å²) < 4.78 is 5.78. The van der Waals surface area contributed by atoms with Crippen LogP contribution in [0.25, 0.3) is 0 Å². The highest BCUT2D eigenvalue weighted by Crippen LogP contribution is 2.32. The molecule has 0 aromatic heterocycles. The molecule has 1 aliphatic heterocycles. The lowest BCUT2D eigenvalue weighted by molar-refractivity contribution is -0.120. The van der Waals surface area contributed by atoms with Gasteiger partial charge in [0.05, 0.1) is 5.56 Å². The van der Waals surface area contributed by atoms with Gasteiger partial charge in [-0.2, -0.15) is 0 Å². The van der Waals surface area contributed by atoms with E-state index in [9.17, 15) is 9.59 Å². The van der Waals surface area contributed by atoms with Gasteiger partial charge in [0.15, 0.2) is 6.61 Å². The Bertz CT molecular complexity index is 1030. The van der Waals surface area contributed by atoms with Crippen molar-refractivity contribution >= 4 is 23.2 Å². The minimum absolute atomic E-state index is 0.0834. The summed E-state index contributed by atoms with van der Waals surface area (Å²) in [5.41, 5.74) is 3.18. The van der Waals surface area contributed by atoms with Gasteiger partial charge in [-0.25, -0.2) is 0 Å². The van der Waals surface area contributed by atoms with E-state index in [2.05, 4.69) is 5.32 Å². The number of carbonyl (C=O) groups is 2. The Morgan fingerprint density at radius 3 is 2.48 bits per heavy atom. The lowest BCUT2D eigenvalue weighted by Crippen LogP contribution is -2.39. The standard InChI is InChI=1S/C24H22N2O3/c1-17-15-18-9-5-7-13-21(18)26(17)23(27)16-29-22-14-8-6-12-20(22)24(28)25-19-10-3-2-4-11-19/h2-14,17H,15-16H2,1H3,(H,25,28). The van der Waals surface area contributed by atoms with Crippen molar-refractivity contribution in [1.82, 2.24) is 0 Å². The summed E-state index contributed by atoms with van der Waals surface area (Å²) in [6.45, 7) is 1.90. The molecule has 1 heterocycles. The monoisotopic (exact) mass is 386 g/mol. The fourth-order valence-electron chi connectivity index (χ4n) is 3.65. The van der Waals surface area contributed by atoms with E-state index in [1.54, 1.807) is 29.2 Å². The fraction of sp³-hybridized carbons (Fsp3) is 0.167. The smallest absolute Gasteiger partial charge is 0.265 e. The molecular formula is C24H22N2O3. The number of para-hydroxylation sites is 3. The van der Waals surface area contributed by atoms with Gasteiger partial charge < -0.3 is 15.0 Å². The number of anilines is 2. The predicted molar refractivity (Wildman–Crippen MR) is 113 cm³/mol. The van der Waals surface area contributed by atoms with Crippen molar-refractivity contribution in [2.24, 2.45) is 0 Å². The molecule has 0 spiro atoms. The maximum Gasteiger partial charge on any atom is 0.265 e. The Hall–Kier alpha value is -3.60. The fourth-order valence-corrected chi connectivity index (χ4v) is 3.65. The molecule has 2 amide bonds. The first-order chi connectivity index (χ1) is 14.1. The summed E-state index contributed by atoms with van der Waals surface area (Å²) in [6.07, 6.45) is 0.831. The number of fused-ring (bicyclic) bond motifs is 1. The zero-order valence-corrected chi connectivity index (χ0v) is 16.2. The van der Waals surface area contributed by atoms with Gasteiger partial charge in [0.25, 0.3) is 11.8 Å². The van der Waals surface area contributed by atoms with E-state index >= 15 is 0 Å². The summed E-state index contributed by atoms with van der Waals surface area (Å²) in [7, 11) is 0. The first-order valence-electron chi connectivity index (χ1n) is 9.61. The molecule has 0 saturated carbocycles. The third-order valence-corrected chi connectivity index (χ3v) is 4.99. The van der Waals surface area contributed by atoms with E-state index in [4.69, 9.17) is 4.74 Å². The number of ether oxygens (including phenoxy) is 1. The molecule has 1 N–H and O–H groups in total. The second-order valence-electron chi connectivity index (χ2n) is 7.05. The van der Waals surface area contributed by atoms with Gasteiger partial charge in [-0.05, 0) is 49.2 Å². The maximum absolute atomic E-state index is 12.9. The molecule has 0 radical (unpaired) electrons. The number of benzene rings is 3. The number of nitrogens with zero attached hydrogens (tertiary/aromatic N) is 1. The average molecular weight is 386 g/mol. The Morgan fingerprint density at radius 2 is 1.66 bits per heavy atom. The lowest BCUT2D eigenvalue weighted by atomic mass is 10.1. The van der Waals surface area contributed by atoms with Gasteiger partial charge in [-0.3, -0.25) is 9.59 Å². The SMILES string of the molecule is CC1Cc2ccccc2N1C(=O)COc1ccccc1C(=O)Nc1ccccc1. The molecule has 1 atom stereocenters. The molecule has 0 bridgehead atoms. The second kappa shape index (κ2) is 8.19. The van der Waals surface area contributed by atoms with E-state index in [-0.39, 0.29) is 24.5 Å². The normalized spacial score (nSPS) is 14.9. The largest absolute Gasteiger partial charge is 0.483 e. The Labute approximate surface area is 169 Å². The average Bonchev–Trinajstić information content (AvgIpc) is 3.08. The summed E-state index contributed by atoms with van der Waals surface area (Å²) in [5.74, 6) is -0.0192. The zero-order chi connectivity index (χ0) is 20.2. The highest BCUT2D eigenvalue weighted by atomic mass is 16.5. The Balaban J connectivity index is 1.47. The van der Waals surface area contributed by atoms with Crippen LogP contribution in [0.5, 0.6) is 5.75 Å². The Kier molecular flexibility index (Phi) is 5.29. The van der Waals surface area contributed by atoms with Gasteiger partial charge in [-0.1, -0.05) is 48.5 Å². The quantitative estimate of drug-likeness (QED) is 0.711. The number of amides is 2. The van der Waals surface area contributed by atoms with Crippen molar-refractivity contribution in [3.63, 3.8) is 0 Å². The van der Waals surface area contributed by atoms with Crippen LogP contribution in [-0.2, 0) is 11.2 Å². The van der Waals surface area contributed by atoms with Crippen LogP contribution >= 0.6 is 0 Å². The highest BCUT2D eigenvalue weighted by Gasteiger charge is 2.30. The van der Waals surface area contributed by atoms with Gasteiger partial charge in [-0.15, -0.1) is 0 Å². The predicted octanol–water partition coefficient (Wildman–Crippen LogP) is 4.30. The molecule has 4 rings (SSSR count). The van der Waals surface area contributed by atoms with Crippen LogP contribution in [0.15, 0.2) is 78.9 Å². The molecule has 0 fully saturated rings. The number of hydrogen-bond acceptors (Lipinski definition) is 3. The van der Waals surface area contributed by atoms with Crippen molar-refractivity contribution < 1.29 is 14.3 Å². The van der Waals surface area contributed by atoms with Crippen molar-refractivity contribution in [3.8, 4) is 5.75 Å². The van der Waals surface area contributed by atoms with Crippen molar-refractivity contribution in [2.75, 3.05) is 16.8 Å².